The molecule has 1 aliphatic heterocycles. The number of H-pyrrole nitrogens is 1. The molecule has 1 N–H and O–H groups in total. The quantitative estimate of drug-likeness (QED) is 0.189. The maximum Gasteiger partial charge on any atom is 0.254 e. The van der Waals surface area contributed by atoms with E-state index in [-0.39, 0.29) is 11.3 Å². The molecule has 5 rings (SSSR count). The van der Waals surface area contributed by atoms with Crippen molar-refractivity contribution in [3.8, 4) is 17.1 Å². The van der Waals surface area contributed by atoms with Crippen molar-refractivity contribution in [1.29, 1.82) is 0 Å². The van der Waals surface area contributed by atoms with E-state index in [0.717, 1.165) is 17.8 Å². The number of rotatable bonds is 10. The van der Waals surface area contributed by atoms with Crippen LogP contribution >= 0.6 is 23.2 Å². The minimum atomic E-state index is -0.169. The van der Waals surface area contributed by atoms with Gasteiger partial charge in [0.05, 0.1) is 39.3 Å². The van der Waals surface area contributed by atoms with Crippen LogP contribution in [0.2, 0.25) is 10.0 Å². The van der Waals surface area contributed by atoms with E-state index in [2.05, 4.69) is 14.8 Å². The van der Waals surface area contributed by atoms with Crippen molar-refractivity contribution in [3.63, 3.8) is 0 Å². The summed E-state index contributed by atoms with van der Waals surface area (Å²) in [6.07, 6.45) is 2.00. The number of carbonyl (C=O) groups is 1. The molecule has 9 heteroatoms. The van der Waals surface area contributed by atoms with Gasteiger partial charge in [-0.25, -0.2) is 4.98 Å². The summed E-state index contributed by atoms with van der Waals surface area (Å²) < 4.78 is 6.26. The van der Waals surface area contributed by atoms with E-state index in [0.29, 0.717) is 95.2 Å². The third kappa shape index (κ3) is 6.29. The monoisotopic (exact) mass is 618 g/mol. The van der Waals surface area contributed by atoms with Crippen LogP contribution in [0.4, 0.5) is 11.4 Å². The standard InChI is InChI=1S/C34H36Cl2N4O3/c1-4-21-43-28-16-15-24(32(41)22-11-8-7-9-12-22)31(29(28)33-37-26(6-3)23(5-2)34(42)38-33)40-19-17-39(18-20-40)27-14-10-13-25(35)30(27)36/h7-16H,4-6,17-21H2,1-3H3,(H,37,38,42). The number of ketones is 1. The van der Waals surface area contributed by atoms with Crippen LogP contribution in [-0.2, 0) is 12.8 Å². The second kappa shape index (κ2) is 13.7. The molecule has 4 aromatic rings. The number of hydrogen-bond acceptors (Lipinski definition) is 6. The molecule has 1 fully saturated rings. The van der Waals surface area contributed by atoms with E-state index >= 15 is 0 Å². The Morgan fingerprint density at radius 1 is 0.907 bits per heavy atom. The van der Waals surface area contributed by atoms with Crippen molar-refractivity contribution in [2.24, 2.45) is 0 Å². The molecule has 1 aliphatic rings. The van der Waals surface area contributed by atoms with Gasteiger partial charge in [0.15, 0.2) is 5.78 Å². The molecule has 1 aromatic heterocycles. The Labute approximate surface area is 262 Å². The minimum absolute atomic E-state index is 0.109. The molecule has 0 atom stereocenters. The lowest BCUT2D eigenvalue weighted by atomic mass is 9.95. The molecule has 0 amide bonds. The molecule has 2 heterocycles. The third-order valence-electron chi connectivity index (χ3n) is 7.78. The number of halogens is 2. The molecule has 0 spiro atoms. The molecule has 3 aromatic carbocycles. The number of hydrogen-bond donors (Lipinski definition) is 1. The van der Waals surface area contributed by atoms with Crippen LogP contribution in [0, 0.1) is 0 Å². The van der Waals surface area contributed by atoms with E-state index in [9.17, 15) is 9.59 Å². The van der Waals surface area contributed by atoms with Crippen LogP contribution in [-0.4, -0.2) is 48.5 Å². The number of carbonyl (C=O) groups excluding carboxylic acids is 1. The zero-order valence-corrected chi connectivity index (χ0v) is 26.3. The Hall–Kier alpha value is -3.81. The molecule has 1 saturated heterocycles. The number of aromatic nitrogens is 2. The number of ether oxygens (including phenoxy) is 1. The molecule has 224 valence electrons. The lowest BCUT2D eigenvalue weighted by molar-refractivity contribution is 0.103. The number of aromatic amines is 1. The topological polar surface area (TPSA) is 78.5 Å². The van der Waals surface area contributed by atoms with Crippen LogP contribution < -0.4 is 20.1 Å². The third-order valence-corrected chi connectivity index (χ3v) is 8.59. The van der Waals surface area contributed by atoms with E-state index in [1.807, 2.05) is 75.4 Å². The zero-order valence-electron chi connectivity index (χ0n) is 24.8. The van der Waals surface area contributed by atoms with Crippen LogP contribution in [0.1, 0.15) is 54.4 Å². The van der Waals surface area contributed by atoms with Gasteiger partial charge in [0.1, 0.15) is 11.6 Å². The van der Waals surface area contributed by atoms with Crippen molar-refractivity contribution in [1.82, 2.24) is 9.97 Å². The molecular formula is C34H36Cl2N4O3. The van der Waals surface area contributed by atoms with Gasteiger partial charge in [-0.1, -0.05) is 80.4 Å². The number of anilines is 2. The summed E-state index contributed by atoms with van der Waals surface area (Å²) in [4.78, 5) is 39.8. The van der Waals surface area contributed by atoms with Gasteiger partial charge in [-0.2, -0.15) is 0 Å². The van der Waals surface area contributed by atoms with Crippen LogP contribution in [0.5, 0.6) is 5.75 Å². The highest BCUT2D eigenvalue weighted by Crippen LogP contribution is 2.42. The Balaban J connectivity index is 1.68. The first kappa shape index (κ1) is 30.6. The fourth-order valence-corrected chi connectivity index (χ4v) is 6.03. The number of piperazine rings is 1. The fraction of sp³-hybridized carbons (Fsp3) is 0.324. The highest BCUT2D eigenvalue weighted by atomic mass is 35.5. The van der Waals surface area contributed by atoms with Gasteiger partial charge >= 0.3 is 0 Å². The van der Waals surface area contributed by atoms with Gasteiger partial charge in [-0.05, 0) is 43.5 Å². The van der Waals surface area contributed by atoms with Gasteiger partial charge < -0.3 is 19.5 Å². The van der Waals surface area contributed by atoms with Crippen LogP contribution in [0.15, 0.2) is 65.5 Å². The van der Waals surface area contributed by atoms with E-state index in [1.165, 1.54) is 0 Å². The van der Waals surface area contributed by atoms with Crippen molar-refractivity contribution in [2.45, 2.75) is 40.0 Å². The van der Waals surface area contributed by atoms with Gasteiger partial charge in [-0.15, -0.1) is 0 Å². The van der Waals surface area contributed by atoms with E-state index < -0.39 is 0 Å². The molecule has 0 saturated carbocycles. The second-order valence-electron chi connectivity index (χ2n) is 10.5. The maximum absolute atomic E-state index is 14.1. The predicted molar refractivity (Wildman–Crippen MR) is 176 cm³/mol. The first-order chi connectivity index (χ1) is 20.9. The summed E-state index contributed by atoms with van der Waals surface area (Å²) in [6.45, 7) is 8.97. The van der Waals surface area contributed by atoms with Gasteiger partial charge in [0.25, 0.3) is 5.56 Å². The predicted octanol–water partition coefficient (Wildman–Crippen LogP) is 7.21. The van der Waals surface area contributed by atoms with Gasteiger partial charge in [0, 0.05) is 42.9 Å². The number of benzene rings is 3. The average Bonchev–Trinajstić information content (AvgIpc) is 3.04. The summed E-state index contributed by atoms with van der Waals surface area (Å²) >= 11 is 12.9. The summed E-state index contributed by atoms with van der Waals surface area (Å²) in [5, 5.41) is 1.04. The Morgan fingerprint density at radius 2 is 1.63 bits per heavy atom. The maximum atomic E-state index is 14.1. The molecule has 0 bridgehead atoms. The van der Waals surface area contributed by atoms with Gasteiger partial charge in [0.2, 0.25) is 0 Å². The number of nitrogens with zero attached hydrogens (tertiary/aromatic N) is 3. The normalized spacial score (nSPS) is 13.3. The summed E-state index contributed by atoms with van der Waals surface area (Å²) in [5.74, 6) is 0.877. The summed E-state index contributed by atoms with van der Waals surface area (Å²) in [7, 11) is 0. The smallest absolute Gasteiger partial charge is 0.254 e. The molecule has 43 heavy (non-hydrogen) atoms. The zero-order chi connectivity index (χ0) is 30.5. The van der Waals surface area contributed by atoms with Crippen molar-refractivity contribution < 1.29 is 9.53 Å². The number of nitrogens with one attached hydrogen (secondary N) is 1. The molecule has 7 nitrogen and oxygen atoms in total. The molecule has 0 unspecified atom stereocenters. The van der Waals surface area contributed by atoms with Crippen molar-refractivity contribution in [3.05, 3.63) is 103 Å². The fourth-order valence-electron chi connectivity index (χ4n) is 5.62. The lowest BCUT2D eigenvalue weighted by Gasteiger charge is -2.39. The Morgan fingerprint density at radius 3 is 2.30 bits per heavy atom. The highest BCUT2D eigenvalue weighted by molar-refractivity contribution is 6.43. The van der Waals surface area contributed by atoms with Crippen molar-refractivity contribution in [2.75, 3.05) is 42.6 Å². The highest BCUT2D eigenvalue weighted by Gasteiger charge is 2.30. The Kier molecular flexibility index (Phi) is 9.73. The van der Waals surface area contributed by atoms with Crippen LogP contribution in [0.3, 0.4) is 0 Å². The van der Waals surface area contributed by atoms with E-state index in [4.69, 9.17) is 32.9 Å². The molecule has 0 radical (unpaired) electrons. The summed E-state index contributed by atoms with van der Waals surface area (Å²) in [6, 6.07) is 18.5. The van der Waals surface area contributed by atoms with E-state index in [1.54, 1.807) is 6.07 Å². The van der Waals surface area contributed by atoms with Crippen LogP contribution in [0.25, 0.3) is 11.4 Å². The molecular weight excluding hydrogens is 583 g/mol. The van der Waals surface area contributed by atoms with Crippen molar-refractivity contribution >= 4 is 40.4 Å². The second-order valence-corrected chi connectivity index (χ2v) is 11.3. The van der Waals surface area contributed by atoms with Gasteiger partial charge in [-0.3, -0.25) is 9.59 Å². The average molecular weight is 620 g/mol. The first-order valence-electron chi connectivity index (χ1n) is 14.8. The SMILES string of the molecule is CCCOc1ccc(C(=O)c2ccccc2)c(N2CCN(c3cccc(Cl)c3Cl)CC2)c1-c1nc(CC)c(CC)c(=O)[nH]1. The minimum Gasteiger partial charge on any atom is -0.493 e. The first-order valence-corrected chi connectivity index (χ1v) is 15.6. The Bertz CT molecular complexity index is 1660. The lowest BCUT2D eigenvalue weighted by Crippen LogP contribution is -2.47. The molecule has 0 aliphatic carbocycles. The number of aryl methyl sites for hydroxylation is 1. The summed E-state index contributed by atoms with van der Waals surface area (Å²) in [5.41, 5.74) is 4.56. The largest absolute Gasteiger partial charge is 0.493 e.